The number of rotatable bonds is 6. The molecular formula is C14H17NO4S2. The fourth-order valence-corrected chi connectivity index (χ4v) is 3.90. The van der Waals surface area contributed by atoms with Gasteiger partial charge in [-0.1, -0.05) is 30.2 Å². The Morgan fingerprint density at radius 2 is 1.76 bits per heavy atom. The second-order valence-corrected chi connectivity index (χ2v) is 8.51. The van der Waals surface area contributed by atoms with Crippen LogP contribution in [0.5, 0.6) is 0 Å². The molecule has 5 nitrogen and oxygen atoms in total. The first kappa shape index (κ1) is 17.3. The summed E-state index contributed by atoms with van der Waals surface area (Å²) in [5.74, 6) is 1.67. The molecule has 114 valence electrons. The van der Waals surface area contributed by atoms with Crippen molar-refractivity contribution in [2.45, 2.75) is 11.8 Å². The highest BCUT2D eigenvalue weighted by atomic mass is 32.2. The molecule has 0 aromatic heterocycles. The second kappa shape index (κ2) is 6.33. The molecule has 0 saturated carbocycles. The molecule has 1 rings (SSSR count). The van der Waals surface area contributed by atoms with E-state index in [1.54, 1.807) is 12.1 Å². The summed E-state index contributed by atoms with van der Waals surface area (Å²) in [7, 11) is -7.33. The van der Waals surface area contributed by atoms with Crippen molar-refractivity contribution in [3.05, 3.63) is 42.1 Å². The number of hydrogen-bond acceptors (Lipinski definition) is 4. The smallest absolute Gasteiger partial charge is 0.232 e. The van der Waals surface area contributed by atoms with Gasteiger partial charge in [0.25, 0.3) is 0 Å². The largest absolute Gasteiger partial charge is 0.262 e. The van der Waals surface area contributed by atoms with Gasteiger partial charge in [0.2, 0.25) is 10.0 Å². The number of sulfone groups is 1. The summed E-state index contributed by atoms with van der Waals surface area (Å²) in [5, 5.41) is 0. The number of hydrogen-bond donors (Lipinski definition) is 0. The van der Waals surface area contributed by atoms with Crippen molar-refractivity contribution in [2.75, 3.05) is 18.6 Å². The van der Waals surface area contributed by atoms with Gasteiger partial charge in [-0.2, -0.15) is 0 Å². The molecule has 0 aliphatic carbocycles. The molecule has 0 N–H and O–H groups in total. The predicted molar refractivity (Wildman–Crippen MR) is 82.8 cm³/mol. The molecule has 0 aliphatic rings. The minimum absolute atomic E-state index is 0.0731. The standard InChI is InChI=1S/C14H17NO4S2/c1-5-10-15(20(4,16)17)13(3)11-21(18,19)14-8-6-12(2)7-9-14/h1,6-9H,3,10-11H2,2,4H3. The van der Waals surface area contributed by atoms with Crippen LogP contribution in [0.1, 0.15) is 5.56 Å². The molecule has 0 atom stereocenters. The zero-order valence-electron chi connectivity index (χ0n) is 11.9. The fraction of sp³-hybridized carbons (Fsp3) is 0.286. The Labute approximate surface area is 126 Å². The van der Waals surface area contributed by atoms with Crippen molar-refractivity contribution in [3.63, 3.8) is 0 Å². The van der Waals surface area contributed by atoms with Crippen molar-refractivity contribution in [2.24, 2.45) is 0 Å². The molecule has 7 heteroatoms. The van der Waals surface area contributed by atoms with E-state index in [0.717, 1.165) is 16.1 Å². The summed E-state index contributed by atoms with van der Waals surface area (Å²) in [4.78, 5) is 0.114. The first-order chi connectivity index (χ1) is 9.58. The lowest BCUT2D eigenvalue weighted by Gasteiger charge is -2.22. The van der Waals surface area contributed by atoms with E-state index in [1.165, 1.54) is 12.1 Å². The van der Waals surface area contributed by atoms with Crippen LogP contribution in [-0.4, -0.2) is 39.7 Å². The van der Waals surface area contributed by atoms with Gasteiger partial charge < -0.3 is 0 Å². The van der Waals surface area contributed by atoms with Gasteiger partial charge in [-0.05, 0) is 19.1 Å². The Bertz CT molecular complexity index is 769. The van der Waals surface area contributed by atoms with Gasteiger partial charge in [0.05, 0.1) is 23.4 Å². The van der Waals surface area contributed by atoms with Crippen LogP contribution in [0.25, 0.3) is 0 Å². The molecule has 0 saturated heterocycles. The van der Waals surface area contributed by atoms with E-state index in [4.69, 9.17) is 6.42 Å². The summed E-state index contributed by atoms with van der Waals surface area (Å²) in [6.07, 6.45) is 6.06. The predicted octanol–water partition coefficient (Wildman–Crippen LogP) is 1.18. The van der Waals surface area contributed by atoms with Gasteiger partial charge in [-0.3, -0.25) is 4.31 Å². The molecule has 0 amide bonds. The number of benzene rings is 1. The van der Waals surface area contributed by atoms with Gasteiger partial charge >= 0.3 is 0 Å². The van der Waals surface area contributed by atoms with E-state index < -0.39 is 25.6 Å². The Morgan fingerprint density at radius 1 is 1.24 bits per heavy atom. The lowest BCUT2D eigenvalue weighted by Crippen LogP contribution is -2.32. The Hall–Kier alpha value is -1.78. The van der Waals surface area contributed by atoms with Gasteiger partial charge in [0.1, 0.15) is 0 Å². The molecule has 0 aliphatic heterocycles. The maximum absolute atomic E-state index is 12.3. The van der Waals surface area contributed by atoms with Crippen LogP contribution in [0.2, 0.25) is 0 Å². The molecular weight excluding hydrogens is 310 g/mol. The molecule has 0 spiro atoms. The van der Waals surface area contributed by atoms with E-state index in [9.17, 15) is 16.8 Å². The third-order valence-corrected chi connectivity index (χ3v) is 5.62. The Kier molecular flexibility index (Phi) is 5.20. The summed E-state index contributed by atoms with van der Waals surface area (Å²) < 4.78 is 48.5. The van der Waals surface area contributed by atoms with Crippen molar-refractivity contribution in [1.82, 2.24) is 4.31 Å². The van der Waals surface area contributed by atoms with Crippen LogP contribution in [0.15, 0.2) is 41.4 Å². The minimum Gasteiger partial charge on any atom is -0.262 e. The molecule has 21 heavy (non-hydrogen) atoms. The van der Waals surface area contributed by atoms with Crippen LogP contribution in [0.3, 0.4) is 0 Å². The summed E-state index contributed by atoms with van der Waals surface area (Å²) >= 11 is 0. The Balaban J connectivity index is 3.06. The van der Waals surface area contributed by atoms with E-state index in [2.05, 4.69) is 12.5 Å². The van der Waals surface area contributed by atoms with Gasteiger partial charge in [-0.25, -0.2) is 16.8 Å². The monoisotopic (exact) mass is 327 g/mol. The molecule has 1 aromatic carbocycles. The normalized spacial score (nSPS) is 11.7. The average molecular weight is 327 g/mol. The SMILES string of the molecule is C#CCN(C(=C)CS(=O)(=O)c1ccc(C)cc1)S(C)(=O)=O. The van der Waals surface area contributed by atoms with Crippen LogP contribution < -0.4 is 0 Å². The van der Waals surface area contributed by atoms with Crippen molar-refractivity contribution in [3.8, 4) is 12.3 Å². The maximum atomic E-state index is 12.3. The minimum atomic E-state index is -3.67. The summed E-state index contributed by atoms with van der Waals surface area (Å²) in [6.45, 7) is 5.13. The van der Waals surface area contributed by atoms with Gasteiger partial charge in [0, 0.05) is 5.70 Å². The number of terminal acetylenes is 1. The molecule has 0 heterocycles. The highest BCUT2D eigenvalue weighted by Gasteiger charge is 2.23. The highest BCUT2D eigenvalue weighted by Crippen LogP contribution is 2.17. The quantitative estimate of drug-likeness (QED) is 0.736. The fourth-order valence-electron chi connectivity index (χ4n) is 1.67. The highest BCUT2D eigenvalue weighted by molar-refractivity contribution is 7.91. The molecule has 0 unspecified atom stereocenters. The lowest BCUT2D eigenvalue weighted by molar-refractivity contribution is 0.513. The van der Waals surface area contributed by atoms with Crippen LogP contribution in [0.4, 0.5) is 0 Å². The average Bonchev–Trinajstić information content (AvgIpc) is 2.34. The number of nitrogens with zero attached hydrogens (tertiary/aromatic N) is 1. The van der Waals surface area contributed by atoms with E-state index in [-0.39, 0.29) is 17.1 Å². The zero-order valence-corrected chi connectivity index (χ0v) is 13.5. The second-order valence-electron chi connectivity index (χ2n) is 4.61. The first-order valence-corrected chi connectivity index (χ1v) is 9.46. The summed E-state index contributed by atoms with van der Waals surface area (Å²) in [6, 6.07) is 6.30. The third-order valence-electron chi connectivity index (χ3n) is 2.72. The van der Waals surface area contributed by atoms with Gasteiger partial charge in [0.15, 0.2) is 9.84 Å². The zero-order chi connectivity index (χ0) is 16.3. The molecule has 0 radical (unpaired) electrons. The van der Waals surface area contributed by atoms with Gasteiger partial charge in [-0.15, -0.1) is 6.42 Å². The van der Waals surface area contributed by atoms with E-state index in [1.807, 2.05) is 6.92 Å². The topological polar surface area (TPSA) is 71.5 Å². The Morgan fingerprint density at radius 3 is 2.19 bits per heavy atom. The van der Waals surface area contributed by atoms with E-state index in [0.29, 0.717) is 0 Å². The molecule has 0 bridgehead atoms. The van der Waals surface area contributed by atoms with Crippen LogP contribution >= 0.6 is 0 Å². The van der Waals surface area contributed by atoms with Crippen molar-refractivity contribution >= 4 is 19.9 Å². The van der Waals surface area contributed by atoms with Crippen LogP contribution in [-0.2, 0) is 19.9 Å². The number of sulfonamides is 1. The van der Waals surface area contributed by atoms with Crippen molar-refractivity contribution in [1.29, 1.82) is 0 Å². The molecule has 0 fully saturated rings. The maximum Gasteiger partial charge on any atom is 0.232 e. The number of aryl methyl sites for hydroxylation is 1. The summed E-state index contributed by atoms with van der Waals surface area (Å²) in [5.41, 5.74) is 0.855. The molecule has 1 aromatic rings. The lowest BCUT2D eigenvalue weighted by atomic mass is 10.2. The van der Waals surface area contributed by atoms with Crippen LogP contribution in [0, 0.1) is 19.3 Å². The third kappa shape index (κ3) is 4.62. The van der Waals surface area contributed by atoms with Crippen molar-refractivity contribution < 1.29 is 16.8 Å². The first-order valence-electron chi connectivity index (χ1n) is 5.96. The van der Waals surface area contributed by atoms with E-state index >= 15 is 0 Å².